The van der Waals surface area contributed by atoms with Crippen molar-refractivity contribution in [2.45, 2.75) is 33.6 Å². The van der Waals surface area contributed by atoms with E-state index in [2.05, 4.69) is 32.9 Å². The van der Waals surface area contributed by atoms with Crippen LogP contribution in [0.2, 0.25) is 0 Å². The molecule has 0 aromatic heterocycles. The standard InChI is InChI=1S/C13H11F.C4H10/c1-10-2-4-11(5-3-10)12-6-8-13(14)9-7-12;1-3-4-2/h2-9H,1H3;3-4H2,1-2H3. The Kier molecular flexibility index (Phi) is 6.13. The van der Waals surface area contributed by atoms with Gasteiger partial charge in [-0.2, -0.15) is 0 Å². The monoisotopic (exact) mass is 244 g/mol. The molecule has 0 saturated carbocycles. The minimum atomic E-state index is -0.194. The Bertz CT molecular complexity index is 395. The van der Waals surface area contributed by atoms with Crippen LogP contribution in [0.25, 0.3) is 11.1 Å². The van der Waals surface area contributed by atoms with E-state index >= 15 is 0 Å². The zero-order chi connectivity index (χ0) is 13.4. The first-order valence-corrected chi connectivity index (χ1v) is 6.50. The summed E-state index contributed by atoms with van der Waals surface area (Å²) in [7, 11) is 0. The van der Waals surface area contributed by atoms with Gasteiger partial charge in [-0.25, -0.2) is 4.39 Å². The van der Waals surface area contributed by atoms with Gasteiger partial charge in [0.25, 0.3) is 0 Å². The second-order valence-corrected chi connectivity index (χ2v) is 4.37. The molecule has 0 N–H and O–H groups in total. The van der Waals surface area contributed by atoms with Crippen LogP contribution < -0.4 is 0 Å². The predicted molar refractivity (Wildman–Crippen MR) is 77.2 cm³/mol. The van der Waals surface area contributed by atoms with Crippen molar-refractivity contribution in [1.82, 2.24) is 0 Å². The van der Waals surface area contributed by atoms with E-state index in [4.69, 9.17) is 0 Å². The first-order valence-electron chi connectivity index (χ1n) is 6.50. The Morgan fingerprint density at radius 2 is 1.11 bits per heavy atom. The van der Waals surface area contributed by atoms with E-state index in [0.717, 1.165) is 11.1 Å². The van der Waals surface area contributed by atoms with Crippen LogP contribution in [-0.2, 0) is 0 Å². The zero-order valence-corrected chi connectivity index (χ0v) is 11.4. The molecule has 0 atom stereocenters. The average molecular weight is 244 g/mol. The molecule has 0 aliphatic carbocycles. The Balaban J connectivity index is 0.000000357. The molecule has 0 aliphatic heterocycles. The zero-order valence-electron chi connectivity index (χ0n) is 11.4. The van der Waals surface area contributed by atoms with Crippen molar-refractivity contribution in [3.8, 4) is 11.1 Å². The highest BCUT2D eigenvalue weighted by molar-refractivity contribution is 5.63. The number of hydrogen-bond acceptors (Lipinski definition) is 0. The third kappa shape index (κ3) is 4.70. The van der Waals surface area contributed by atoms with Gasteiger partial charge < -0.3 is 0 Å². The van der Waals surface area contributed by atoms with E-state index in [0.29, 0.717) is 0 Å². The Morgan fingerprint density at radius 1 is 0.722 bits per heavy atom. The Labute approximate surface area is 109 Å². The largest absolute Gasteiger partial charge is 0.207 e. The van der Waals surface area contributed by atoms with E-state index < -0.39 is 0 Å². The van der Waals surface area contributed by atoms with Crippen LogP contribution in [0.3, 0.4) is 0 Å². The summed E-state index contributed by atoms with van der Waals surface area (Å²) >= 11 is 0. The van der Waals surface area contributed by atoms with Gasteiger partial charge in [0.1, 0.15) is 5.82 Å². The molecule has 0 nitrogen and oxygen atoms in total. The molecule has 2 rings (SSSR count). The van der Waals surface area contributed by atoms with Crippen molar-refractivity contribution in [2.75, 3.05) is 0 Å². The predicted octanol–water partition coefficient (Wildman–Crippen LogP) is 5.61. The second kappa shape index (κ2) is 7.65. The second-order valence-electron chi connectivity index (χ2n) is 4.37. The number of hydrogen-bond donors (Lipinski definition) is 0. The SMILES string of the molecule is CCCC.Cc1ccc(-c2ccc(F)cc2)cc1. The van der Waals surface area contributed by atoms with Crippen LogP contribution in [0.15, 0.2) is 48.5 Å². The third-order valence-electron chi connectivity index (χ3n) is 2.73. The molecule has 1 heteroatoms. The van der Waals surface area contributed by atoms with E-state index in [9.17, 15) is 4.39 Å². The molecule has 0 bridgehead atoms. The summed E-state index contributed by atoms with van der Waals surface area (Å²) in [6, 6.07) is 14.7. The van der Waals surface area contributed by atoms with Gasteiger partial charge in [-0.3, -0.25) is 0 Å². The quantitative estimate of drug-likeness (QED) is 0.644. The molecule has 18 heavy (non-hydrogen) atoms. The number of halogens is 1. The number of rotatable bonds is 2. The minimum absolute atomic E-state index is 0.194. The van der Waals surface area contributed by atoms with Crippen LogP contribution in [-0.4, -0.2) is 0 Å². The third-order valence-corrected chi connectivity index (χ3v) is 2.73. The summed E-state index contributed by atoms with van der Waals surface area (Å²) in [5, 5.41) is 0. The van der Waals surface area contributed by atoms with Gasteiger partial charge in [0, 0.05) is 0 Å². The van der Waals surface area contributed by atoms with Crippen molar-refractivity contribution < 1.29 is 4.39 Å². The van der Waals surface area contributed by atoms with Crippen LogP contribution >= 0.6 is 0 Å². The summed E-state index contributed by atoms with van der Waals surface area (Å²) < 4.78 is 12.7. The van der Waals surface area contributed by atoms with Crippen molar-refractivity contribution >= 4 is 0 Å². The fraction of sp³-hybridized carbons (Fsp3) is 0.294. The molecule has 0 heterocycles. The fourth-order valence-corrected chi connectivity index (χ4v) is 1.39. The number of benzene rings is 2. The van der Waals surface area contributed by atoms with E-state index in [1.165, 1.54) is 30.5 Å². The van der Waals surface area contributed by atoms with Crippen LogP contribution in [0.5, 0.6) is 0 Å². The minimum Gasteiger partial charge on any atom is -0.207 e. The van der Waals surface area contributed by atoms with Crippen molar-refractivity contribution in [2.24, 2.45) is 0 Å². The molecule has 0 fully saturated rings. The number of unbranched alkanes of at least 4 members (excludes halogenated alkanes) is 1. The molecule has 0 saturated heterocycles. The van der Waals surface area contributed by atoms with Gasteiger partial charge in [-0.15, -0.1) is 0 Å². The molecule has 0 amide bonds. The summed E-state index contributed by atoms with van der Waals surface area (Å²) in [5.74, 6) is -0.194. The maximum atomic E-state index is 12.7. The lowest BCUT2D eigenvalue weighted by Gasteiger charge is -2.01. The highest BCUT2D eigenvalue weighted by Crippen LogP contribution is 2.19. The molecular weight excluding hydrogens is 223 g/mol. The van der Waals surface area contributed by atoms with Crippen LogP contribution in [0.4, 0.5) is 4.39 Å². The van der Waals surface area contributed by atoms with Gasteiger partial charge >= 0.3 is 0 Å². The van der Waals surface area contributed by atoms with Crippen LogP contribution in [0.1, 0.15) is 32.3 Å². The topological polar surface area (TPSA) is 0 Å². The first-order chi connectivity index (χ1) is 8.67. The summed E-state index contributed by atoms with van der Waals surface area (Å²) in [4.78, 5) is 0. The van der Waals surface area contributed by atoms with E-state index in [1.54, 1.807) is 12.1 Å². The smallest absolute Gasteiger partial charge is 0.123 e. The maximum absolute atomic E-state index is 12.7. The first kappa shape index (κ1) is 14.4. The molecule has 96 valence electrons. The molecule has 0 radical (unpaired) electrons. The molecule has 0 aliphatic rings. The van der Waals surface area contributed by atoms with E-state index in [1.807, 2.05) is 12.1 Å². The molecular formula is C17H21F. The lowest BCUT2D eigenvalue weighted by Crippen LogP contribution is -1.79. The van der Waals surface area contributed by atoms with E-state index in [-0.39, 0.29) is 5.82 Å². The molecule has 0 spiro atoms. The lowest BCUT2D eigenvalue weighted by molar-refractivity contribution is 0.628. The molecule has 2 aromatic rings. The highest BCUT2D eigenvalue weighted by atomic mass is 19.1. The van der Waals surface area contributed by atoms with Crippen molar-refractivity contribution in [3.05, 3.63) is 59.9 Å². The lowest BCUT2D eigenvalue weighted by atomic mass is 10.0. The highest BCUT2D eigenvalue weighted by Gasteiger charge is 1.96. The van der Waals surface area contributed by atoms with Crippen molar-refractivity contribution in [1.29, 1.82) is 0 Å². The fourth-order valence-electron chi connectivity index (χ4n) is 1.39. The molecule has 2 aromatic carbocycles. The average Bonchev–Trinajstić information content (AvgIpc) is 2.41. The number of aryl methyl sites for hydroxylation is 1. The Morgan fingerprint density at radius 3 is 1.50 bits per heavy atom. The normalized spacial score (nSPS) is 9.56. The van der Waals surface area contributed by atoms with Crippen molar-refractivity contribution in [3.63, 3.8) is 0 Å². The van der Waals surface area contributed by atoms with Gasteiger partial charge in [0.2, 0.25) is 0 Å². The summed E-state index contributed by atoms with van der Waals surface area (Å²) in [5.41, 5.74) is 3.40. The maximum Gasteiger partial charge on any atom is 0.123 e. The van der Waals surface area contributed by atoms with Gasteiger partial charge in [0.05, 0.1) is 0 Å². The molecule has 0 unspecified atom stereocenters. The Hall–Kier alpha value is -1.63. The van der Waals surface area contributed by atoms with Gasteiger partial charge in [-0.05, 0) is 30.2 Å². The summed E-state index contributed by atoms with van der Waals surface area (Å²) in [6.45, 7) is 6.41. The van der Waals surface area contributed by atoms with Gasteiger partial charge in [-0.1, -0.05) is 68.7 Å². The summed E-state index contributed by atoms with van der Waals surface area (Å²) in [6.07, 6.45) is 2.64. The van der Waals surface area contributed by atoms with Gasteiger partial charge in [0.15, 0.2) is 0 Å². The van der Waals surface area contributed by atoms with Crippen LogP contribution in [0, 0.1) is 12.7 Å².